The molecule has 18 heavy (non-hydrogen) atoms. The van der Waals surface area contributed by atoms with E-state index in [0.717, 1.165) is 19.1 Å². The number of carboxylic acids is 1. The zero-order valence-electron chi connectivity index (χ0n) is 10.1. The third-order valence-electron chi connectivity index (χ3n) is 3.06. The molecule has 2 atom stereocenters. The van der Waals surface area contributed by atoms with Gasteiger partial charge in [-0.1, -0.05) is 6.07 Å². The molecule has 0 radical (unpaired) electrons. The summed E-state index contributed by atoms with van der Waals surface area (Å²) in [6.45, 7) is 2.78. The Hall–Kier alpha value is -1.07. The molecule has 1 aliphatic heterocycles. The van der Waals surface area contributed by atoms with Crippen LogP contribution < -0.4 is 0 Å². The molecule has 0 saturated carbocycles. The molecule has 1 N–H and O–H groups in total. The van der Waals surface area contributed by atoms with E-state index in [1.54, 1.807) is 17.8 Å². The maximum Gasteiger partial charge on any atom is 0.336 e. The van der Waals surface area contributed by atoms with Gasteiger partial charge in [0, 0.05) is 17.6 Å². The van der Waals surface area contributed by atoms with Gasteiger partial charge >= 0.3 is 5.97 Å². The summed E-state index contributed by atoms with van der Waals surface area (Å²) in [5.41, 5.74) is 0.710. The van der Waals surface area contributed by atoms with Gasteiger partial charge < -0.3 is 9.84 Å². The number of hydrogen-bond acceptors (Lipinski definition) is 3. The number of carboxylic acid groups (broad SMARTS) is 1. The van der Waals surface area contributed by atoms with Gasteiger partial charge in [0.1, 0.15) is 5.82 Å². The second-order valence-corrected chi connectivity index (χ2v) is 5.55. The highest BCUT2D eigenvalue weighted by Gasteiger charge is 2.25. The molecule has 1 aromatic carbocycles. The fraction of sp³-hybridized carbons (Fsp3) is 0.462. The monoisotopic (exact) mass is 270 g/mol. The van der Waals surface area contributed by atoms with Gasteiger partial charge in [-0.25, -0.2) is 9.18 Å². The van der Waals surface area contributed by atoms with E-state index in [0.29, 0.717) is 16.6 Å². The first-order chi connectivity index (χ1) is 8.58. The molecule has 0 aromatic heterocycles. The summed E-state index contributed by atoms with van der Waals surface area (Å²) in [7, 11) is 0. The van der Waals surface area contributed by atoms with Crippen molar-refractivity contribution in [3.63, 3.8) is 0 Å². The van der Waals surface area contributed by atoms with Crippen LogP contribution in [-0.4, -0.2) is 29.0 Å². The minimum absolute atomic E-state index is 0.0501. The Labute approximate surface area is 109 Å². The zero-order valence-corrected chi connectivity index (χ0v) is 10.9. The Bertz CT molecular complexity index is 450. The number of benzene rings is 1. The second-order valence-electron chi connectivity index (χ2n) is 4.32. The lowest BCUT2D eigenvalue weighted by Crippen LogP contribution is -2.14. The highest BCUT2D eigenvalue weighted by Crippen LogP contribution is 2.30. The molecule has 2 rings (SSSR count). The number of rotatable bonds is 4. The van der Waals surface area contributed by atoms with Crippen molar-refractivity contribution in [3.05, 3.63) is 35.1 Å². The highest BCUT2D eigenvalue weighted by molar-refractivity contribution is 7.99. The number of thioether (sulfide) groups is 1. The van der Waals surface area contributed by atoms with E-state index in [-0.39, 0.29) is 11.7 Å². The van der Waals surface area contributed by atoms with Crippen molar-refractivity contribution in [2.75, 3.05) is 6.61 Å². The predicted octanol–water partition coefficient (Wildman–Crippen LogP) is 2.93. The quantitative estimate of drug-likeness (QED) is 0.913. The molecule has 2 unspecified atom stereocenters. The normalized spacial score (nSPS) is 23.2. The second kappa shape index (κ2) is 5.71. The van der Waals surface area contributed by atoms with Gasteiger partial charge in [0.25, 0.3) is 0 Å². The van der Waals surface area contributed by atoms with Crippen molar-refractivity contribution in [2.45, 2.75) is 30.5 Å². The zero-order chi connectivity index (χ0) is 13.1. The maximum atomic E-state index is 13.0. The fourth-order valence-electron chi connectivity index (χ4n) is 2.00. The van der Waals surface area contributed by atoms with Crippen LogP contribution in [0, 0.1) is 5.82 Å². The van der Waals surface area contributed by atoms with Crippen LogP contribution in [0.1, 0.15) is 29.3 Å². The van der Waals surface area contributed by atoms with E-state index in [1.165, 1.54) is 6.07 Å². The molecule has 0 amide bonds. The predicted molar refractivity (Wildman–Crippen MR) is 68.5 cm³/mol. The van der Waals surface area contributed by atoms with E-state index in [4.69, 9.17) is 9.84 Å². The number of carbonyl (C=O) groups is 1. The lowest BCUT2D eigenvalue weighted by molar-refractivity contribution is 0.0695. The molecule has 1 fully saturated rings. The number of hydrogen-bond donors (Lipinski definition) is 1. The Balaban J connectivity index is 2.06. The van der Waals surface area contributed by atoms with Gasteiger partial charge in [-0.15, -0.1) is 0 Å². The van der Waals surface area contributed by atoms with Crippen molar-refractivity contribution >= 4 is 17.7 Å². The summed E-state index contributed by atoms with van der Waals surface area (Å²) in [5.74, 6) is -1.03. The van der Waals surface area contributed by atoms with Gasteiger partial charge in [-0.05, 0) is 31.0 Å². The first-order valence-electron chi connectivity index (χ1n) is 5.83. The Morgan fingerprint density at radius 1 is 1.61 bits per heavy atom. The number of aromatic carboxylic acids is 1. The van der Waals surface area contributed by atoms with E-state index in [9.17, 15) is 9.18 Å². The molecule has 0 bridgehead atoms. The molecule has 5 heteroatoms. The van der Waals surface area contributed by atoms with Crippen LogP contribution in [0.15, 0.2) is 18.2 Å². The van der Waals surface area contributed by atoms with Crippen LogP contribution >= 0.6 is 11.8 Å². The van der Waals surface area contributed by atoms with Crippen molar-refractivity contribution in [3.8, 4) is 0 Å². The topological polar surface area (TPSA) is 46.5 Å². The molecule has 1 heterocycles. The van der Waals surface area contributed by atoms with Crippen LogP contribution in [-0.2, 0) is 10.5 Å². The molecule has 98 valence electrons. The lowest BCUT2D eigenvalue weighted by Gasteiger charge is -2.14. The molecule has 1 aliphatic rings. The SMILES string of the molecule is CC1OCCC1SCc1ccc(F)cc1C(=O)O. The number of ether oxygens (including phenoxy) is 1. The maximum absolute atomic E-state index is 13.0. The van der Waals surface area contributed by atoms with Crippen LogP contribution in [0.25, 0.3) is 0 Å². The Kier molecular flexibility index (Phi) is 4.24. The molecular weight excluding hydrogens is 255 g/mol. The van der Waals surface area contributed by atoms with Gasteiger partial charge in [-0.2, -0.15) is 11.8 Å². The molecule has 1 aromatic rings. The molecule has 3 nitrogen and oxygen atoms in total. The molecular formula is C13H15FO3S. The van der Waals surface area contributed by atoms with E-state index < -0.39 is 11.8 Å². The largest absolute Gasteiger partial charge is 0.478 e. The third kappa shape index (κ3) is 3.03. The Morgan fingerprint density at radius 2 is 2.39 bits per heavy atom. The summed E-state index contributed by atoms with van der Waals surface area (Å²) >= 11 is 1.67. The first kappa shape index (κ1) is 13.4. The smallest absolute Gasteiger partial charge is 0.336 e. The van der Waals surface area contributed by atoms with Crippen LogP contribution in [0.5, 0.6) is 0 Å². The van der Waals surface area contributed by atoms with Crippen LogP contribution in [0.3, 0.4) is 0 Å². The number of halogens is 1. The van der Waals surface area contributed by atoms with Gasteiger partial charge in [0.05, 0.1) is 11.7 Å². The average molecular weight is 270 g/mol. The molecule has 0 aliphatic carbocycles. The molecule has 1 saturated heterocycles. The van der Waals surface area contributed by atoms with E-state index in [1.807, 2.05) is 6.92 Å². The van der Waals surface area contributed by atoms with E-state index >= 15 is 0 Å². The van der Waals surface area contributed by atoms with Crippen molar-refractivity contribution in [1.82, 2.24) is 0 Å². The third-order valence-corrected chi connectivity index (χ3v) is 4.59. The van der Waals surface area contributed by atoms with Gasteiger partial charge in [-0.3, -0.25) is 0 Å². The minimum Gasteiger partial charge on any atom is -0.478 e. The van der Waals surface area contributed by atoms with Crippen molar-refractivity contribution in [2.24, 2.45) is 0 Å². The van der Waals surface area contributed by atoms with Crippen LogP contribution in [0.4, 0.5) is 4.39 Å². The standard InChI is InChI=1S/C13H15FO3S/c1-8-12(4-5-17-8)18-7-9-2-3-10(14)6-11(9)13(15)16/h2-3,6,8,12H,4-5,7H2,1H3,(H,15,16). The minimum atomic E-state index is -1.08. The summed E-state index contributed by atoms with van der Waals surface area (Å²) < 4.78 is 18.5. The first-order valence-corrected chi connectivity index (χ1v) is 6.87. The van der Waals surface area contributed by atoms with Gasteiger partial charge in [0.2, 0.25) is 0 Å². The molecule has 0 spiro atoms. The summed E-state index contributed by atoms with van der Waals surface area (Å²) in [4.78, 5) is 11.0. The lowest BCUT2D eigenvalue weighted by atomic mass is 10.1. The van der Waals surface area contributed by atoms with Gasteiger partial charge in [0.15, 0.2) is 0 Å². The Morgan fingerprint density at radius 3 is 3.00 bits per heavy atom. The summed E-state index contributed by atoms with van der Waals surface area (Å²) in [5, 5.41) is 9.42. The highest BCUT2D eigenvalue weighted by atomic mass is 32.2. The summed E-state index contributed by atoms with van der Waals surface area (Å²) in [6, 6.07) is 3.93. The van der Waals surface area contributed by atoms with Crippen LogP contribution in [0.2, 0.25) is 0 Å². The van der Waals surface area contributed by atoms with Crippen molar-refractivity contribution in [1.29, 1.82) is 0 Å². The summed E-state index contributed by atoms with van der Waals surface area (Å²) in [6.07, 6.45) is 1.18. The van der Waals surface area contributed by atoms with Crippen molar-refractivity contribution < 1.29 is 19.0 Å². The fourth-order valence-corrected chi connectivity index (χ4v) is 3.26. The van der Waals surface area contributed by atoms with E-state index in [2.05, 4.69) is 0 Å². The average Bonchev–Trinajstić information content (AvgIpc) is 2.73.